The molecule has 20 heavy (non-hydrogen) atoms. The van der Waals surface area contributed by atoms with Gasteiger partial charge in [-0.15, -0.1) is 0 Å². The third-order valence-electron chi connectivity index (χ3n) is 2.88. The van der Waals surface area contributed by atoms with E-state index in [9.17, 15) is 13.2 Å². The van der Waals surface area contributed by atoms with Crippen LogP contribution in [0.25, 0.3) is 0 Å². The van der Waals surface area contributed by atoms with Crippen LogP contribution in [0.5, 0.6) is 0 Å². The first kappa shape index (κ1) is 15.1. The van der Waals surface area contributed by atoms with Gasteiger partial charge in [0.25, 0.3) is 0 Å². The van der Waals surface area contributed by atoms with E-state index in [1.54, 1.807) is 18.2 Å². The van der Waals surface area contributed by atoms with Gasteiger partial charge in [-0.1, -0.05) is 22.0 Å². The van der Waals surface area contributed by atoms with Crippen LogP contribution in [-0.4, -0.2) is 0 Å². The molecule has 0 saturated heterocycles. The number of rotatable bonds is 4. The summed E-state index contributed by atoms with van der Waals surface area (Å²) in [6.45, 7) is 0. The number of hydrogen-bond acceptors (Lipinski definition) is 3. The Hall–Kier alpha value is -1.31. The Morgan fingerprint density at radius 2 is 2.05 bits per heavy atom. The zero-order valence-corrected chi connectivity index (χ0v) is 11.8. The third-order valence-corrected chi connectivity index (χ3v) is 3.38. The van der Waals surface area contributed by atoms with Crippen molar-refractivity contribution >= 4 is 15.9 Å². The number of alkyl halides is 3. The summed E-state index contributed by atoms with van der Waals surface area (Å²) in [6.07, 6.45) is -2.75. The van der Waals surface area contributed by atoms with Gasteiger partial charge in [0.15, 0.2) is 0 Å². The van der Waals surface area contributed by atoms with Gasteiger partial charge in [0, 0.05) is 10.9 Å². The minimum absolute atomic E-state index is 0.0830. The Kier molecular flexibility index (Phi) is 4.52. The Bertz CT molecular complexity index is 569. The monoisotopic (exact) mass is 348 g/mol. The summed E-state index contributed by atoms with van der Waals surface area (Å²) in [6, 6.07) is 6.68. The molecular weight excluding hydrogens is 337 g/mol. The lowest BCUT2D eigenvalue weighted by Crippen LogP contribution is -2.31. The molecule has 0 amide bonds. The van der Waals surface area contributed by atoms with Crippen LogP contribution in [0.2, 0.25) is 0 Å². The van der Waals surface area contributed by atoms with Crippen molar-refractivity contribution in [1.29, 1.82) is 0 Å². The Labute approximate surface area is 122 Å². The molecule has 1 unspecified atom stereocenters. The van der Waals surface area contributed by atoms with E-state index in [1.165, 1.54) is 12.3 Å². The van der Waals surface area contributed by atoms with Crippen LogP contribution in [0.4, 0.5) is 13.2 Å². The zero-order chi connectivity index (χ0) is 14.8. The largest absolute Gasteiger partial charge is 0.469 e. The van der Waals surface area contributed by atoms with E-state index < -0.39 is 17.8 Å². The molecule has 0 radical (unpaired) electrons. The molecule has 0 aliphatic heterocycles. The minimum Gasteiger partial charge on any atom is -0.469 e. The van der Waals surface area contributed by atoms with Crippen LogP contribution < -0.4 is 11.3 Å². The first-order chi connectivity index (χ1) is 9.41. The molecule has 1 aromatic heterocycles. The van der Waals surface area contributed by atoms with E-state index in [1.807, 2.05) is 0 Å². The topological polar surface area (TPSA) is 51.2 Å². The molecule has 0 saturated carbocycles. The summed E-state index contributed by atoms with van der Waals surface area (Å²) in [5.74, 6) is 5.96. The van der Waals surface area contributed by atoms with Gasteiger partial charge in [0.2, 0.25) is 0 Å². The fraction of sp³-hybridized carbons (Fsp3) is 0.231. The number of hydrazine groups is 1. The number of hydrogen-bond donors (Lipinski definition) is 2. The fourth-order valence-electron chi connectivity index (χ4n) is 1.97. The molecule has 108 valence electrons. The normalized spacial score (nSPS) is 13.4. The van der Waals surface area contributed by atoms with Crippen molar-refractivity contribution in [2.24, 2.45) is 5.84 Å². The van der Waals surface area contributed by atoms with Crippen LogP contribution in [0, 0.1) is 0 Å². The van der Waals surface area contributed by atoms with Crippen LogP contribution in [0.3, 0.4) is 0 Å². The number of furan rings is 1. The SMILES string of the molecule is NNC(Cc1ccco1)c1ccc(Br)cc1C(F)(F)F. The van der Waals surface area contributed by atoms with Crippen molar-refractivity contribution in [3.05, 3.63) is 58.0 Å². The molecule has 2 aromatic rings. The lowest BCUT2D eigenvalue weighted by atomic mass is 9.97. The zero-order valence-electron chi connectivity index (χ0n) is 10.2. The Morgan fingerprint density at radius 3 is 2.60 bits per heavy atom. The molecule has 2 rings (SSSR count). The van der Waals surface area contributed by atoms with E-state index in [4.69, 9.17) is 10.3 Å². The molecule has 0 bridgehead atoms. The maximum Gasteiger partial charge on any atom is 0.416 e. The van der Waals surface area contributed by atoms with Crippen molar-refractivity contribution < 1.29 is 17.6 Å². The van der Waals surface area contributed by atoms with Gasteiger partial charge < -0.3 is 4.42 Å². The molecule has 3 nitrogen and oxygen atoms in total. The Morgan fingerprint density at radius 1 is 1.30 bits per heavy atom. The molecule has 0 aliphatic carbocycles. The van der Waals surface area contributed by atoms with Crippen molar-refractivity contribution in [2.45, 2.75) is 18.6 Å². The minimum atomic E-state index is -4.45. The van der Waals surface area contributed by atoms with Gasteiger partial charge in [0.05, 0.1) is 17.9 Å². The Balaban J connectivity index is 2.38. The van der Waals surface area contributed by atoms with Gasteiger partial charge >= 0.3 is 6.18 Å². The van der Waals surface area contributed by atoms with Gasteiger partial charge in [-0.25, -0.2) is 0 Å². The molecule has 1 aromatic carbocycles. The smallest absolute Gasteiger partial charge is 0.416 e. The summed E-state index contributed by atoms with van der Waals surface area (Å²) in [5.41, 5.74) is 1.78. The van der Waals surface area contributed by atoms with Gasteiger partial charge in [-0.3, -0.25) is 11.3 Å². The lowest BCUT2D eigenvalue weighted by molar-refractivity contribution is -0.138. The second-order valence-electron chi connectivity index (χ2n) is 4.23. The predicted octanol–water partition coefficient (Wildman–Crippen LogP) is 3.81. The first-order valence-electron chi connectivity index (χ1n) is 5.77. The highest BCUT2D eigenvalue weighted by Gasteiger charge is 2.35. The molecule has 0 aliphatic rings. The third kappa shape index (κ3) is 3.41. The van der Waals surface area contributed by atoms with Crippen molar-refractivity contribution in [3.63, 3.8) is 0 Å². The molecule has 1 atom stereocenters. The first-order valence-corrected chi connectivity index (χ1v) is 6.56. The maximum absolute atomic E-state index is 13.1. The van der Waals surface area contributed by atoms with Gasteiger partial charge in [-0.2, -0.15) is 13.2 Å². The van der Waals surface area contributed by atoms with E-state index >= 15 is 0 Å². The molecule has 7 heteroatoms. The van der Waals surface area contributed by atoms with Crippen molar-refractivity contribution in [3.8, 4) is 0 Å². The summed E-state index contributed by atoms with van der Waals surface area (Å²) < 4.78 is 44.8. The van der Waals surface area contributed by atoms with Crippen molar-refractivity contribution in [1.82, 2.24) is 5.43 Å². The fourth-order valence-corrected chi connectivity index (χ4v) is 2.33. The van der Waals surface area contributed by atoms with Crippen LogP contribution >= 0.6 is 15.9 Å². The standard InChI is InChI=1S/C13H12BrF3N2O/c14-8-3-4-10(11(6-8)13(15,16)17)12(19-18)7-9-2-1-5-20-9/h1-6,12,19H,7,18H2. The highest BCUT2D eigenvalue weighted by atomic mass is 79.9. The molecule has 3 N–H and O–H groups in total. The second-order valence-corrected chi connectivity index (χ2v) is 5.15. The van der Waals surface area contributed by atoms with Crippen LogP contribution in [0.1, 0.15) is 22.9 Å². The van der Waals surface area contributed by atoms with E-state index in [0.717, 1.165) is 6.07 Å². The summed E-state index contributed by atoms with van der Waals surface area (Å²) >= 11 is 3.05. The average molecular weight is 349 g/mol. The maximum atomic E-state index is 13.1. The van der Waals surface area contributed by atoms with E-state index in [0.29, 0.717) is 10.2 Å². The predicted molar refractivity (Wildman–Crippen MR) is 71.6 cm³/mol. The second kappa shape index (κ2) is 5.99. The highest BCUT2D eigenvalue weighted by molar-refractivity contribution is 9.10. The number of halogens is 4. The van der Waals surface area contributed by atoms with Gasteiger partial charge in [0.1, 0.15) is 5.76 Å². The van der Waals surface area contributed by atoms with Crippen molar-refractivity contribution in [2.75, 3.05) is 0 Å². The summed E-state index contributed by atoms with van der Waals surface area (Å²) in [4.78, 5) is 0. The molecule has 0 fully saturated rings. The number of nitrogens with two attached hydrogens (primary N) is 1. The quantitative estimate of drug-likeness (QED) is 0.652. The van der Waals surface area contributed by atoms with E-state index in [2.05, 4.69) is 21.4 Å². The molecule has 1 heterocycles. The summed E-state index contributed by atoms with van der Waals surface area (Å²) in [5, 5.41) is 0. The number of benzene rings is 1. The van der Waals surface area contributed by atoms with Crippen LogP contribution in [0.15, 0.2) is 45.5 Å². The number of nitrogens with one attached hydrogen (secondary N) is 1. The summed E-state index contributed by atoms with van der Waals surface area (Å²) in [7, 11) is 0. The molecular formula is C13H12BrF3N2O. The highest BCUT2D eigenvalue weighted by Crippen LogP contribution is 2.37. The molecule has 0 spiro atoms. The van der Waals surface area contributed by atoms with E-state index in [-0.39, 0.29) is 12.0 Å². The average Bonchev–Trinajstić information content (AvgIpc) is 2.88. The van der Waals surface area contributed by atoms with Crippen LogP contribution in [-0.2, 0) is 12.6 Å². The van der Waals surface area contributed by atoms with Gasteiger partial charge in [-0.05, 0) is 29.8 Å². The lowest BCUT2D eigenvalue weighted by Gasteiger charge is -2.20.